The van der Waals surface area contributed by atoms with E-state index in [1.807, 2.05) is 23.9 Å². The van der Waals surface area contributed by atoms with Gasteiger partial charge in [0, 0.05) is 25.5 Å². The van der Waals surface area contributed by atoms with Gasteiger partial charge < -0.3 is 14.5 Å². The third-order valence-electron chi connectivity index (χ3n) is 4.56. The molecule has 1 aromatic heterocycles. The van der Waals surface area contributed by atoms with Gasteiger partial charge in [-0.05, 0) is 74.2 Å². The van der Waals surface area contributed by atoms with Crippen molar-refractivity contribution in [2.75, 3.05) is 31.0 Å². The molecule has 1 heterocycles. The van der Waals surface area contributed by atoms with E-state index in [1.54, 1.807) is 7.11 Å². The highest BCUT2D eigenvalue weighted by molar-refractivity contribution is 5.63. The van der Waals surface area contributed by atoms with Crippen molar-refractivity contribution in [3.63, 3.8) is 0 Å². The van der Waals surface area contributed by atoms with E-state index in [-0.39, 0.29) is 6.01 Å². The molecular formula is C22H27N5O. The lowest BCUT2D eigenvalue weighted by Gasteiger charge is -2.22. The number of anilines is 4. The maximum Gasteiger partial charge on any atom is 0.322 e. The van der Waals surface area contributed by atoms with E-state index in [0.29, 0.717) is 11.9 Å². The van der Waals surface area contributed by atoms with E-state index < -0.39 is 0 Å². The molecule has 0 radical (unpaired) electrons. The minimum absolute atomic E-state index is 0.285. The number of rotatable bonds is 5. The smallest absolute Gasteiger partial charge is 0.322 e. The third-order valence-corrected chi connectivity index (χ3v) is 4.56. The Labute approximate surface area is 166 Å². The fourth-order valence-corrected chi connectivity index (χ4v) is 3.25. The summed E-state index contributed by atoms with van der Waals surface area (Å²) in [6, 6.07) is 13.0. The van der Waals surface area contributed by atoms with Crippen LogP contribution in [0.1, 0.15) is 22.3 Å². The summed E-state index contributed by atoms with van der Waals surface area (Å²) in [5.74, 6) is 1.06. The lowest BCUT2D eigenvalue weighted by Crippen LogP contribution is -2.19. The molecule has 0 amide bonds. The Morgan fingerprint density at radius 2 is 0.964 bits per heavy atom. The van der Waals surface area contributed by atoms with Crippen LogP contribution in [0.3, 0.4) is 0 Å². The second kappa shape index (κ2) is 7.84. The van der Waals surface area contributed by atoms with Gasteiger partial charge in [-0.2, -0.15) is 15.0 Å². The zero-order chi connectivity index (χ0) is 20.4. The van der Waals surface area contributed by atoms with Gasteiger partial charge in [-0.25, -0.2) is 0 Å². The van der Waals surface area contributed by atoms with Gasteiger partial charge in [-0.1, -0.05) is 12.1 Å². The van der Waals surface area contributed by atoms with Gasteiger partial charge in [0.2, 0.25) is 11.9 Å². The monoisotopic (exact) mass is 377 g/mol. The van der Waals surface area contributed by atoms with Crippen molar-refractivity contribution in [2.24, 2.45) is 0 Å². The molecule has 0 bridgehead atoms. The molecular weight excluding hydrogens is 350 g/mol. The van der Waals surface area contributed by atoms with E-state index >= 15 is 0 Å². The molecule has 0 aliphatic heterocycles. The first kappa shape index (κ1) is 19.6. The number of hydrogen-bond donors (Lipinski definition) is 0. The van der Waals surface area contributed by atoms with Crippen LogP contribution in [0.25, 0.3) is 0 Å². The van der Waals surface area contributed by atoms with Gasteiger partial charge in [-0.15, -0.1) is 0 Å². The summed E-state index contributed by atoms with van der Waals surface area (Å²) in [5.41, 5.74) is 6.80. The van der Waals surface area contributed by atoms with Gasteiger partial charge in [-0.3, -0.25) is 0 Å². The molecule has 2 aromatic carbocycles. The number of hydrogen-bond acceptors (Lipinski definition) is 6. The second-order valence-electron chi connectivity index (χ2n) is 7.23. The summed E-state index contributed by atoms with van der Waals surface area (Å²) in [6.07, 6.45) is 0. The molecule has 6 heteroatoms. The highest BCUT2D eigenvalue weighted by atomic mass is 16.5. The lowest BCUT2D eigenvalue weighted by atomic mass is 10.1. The van der Waals surface area contributed by atoms with E-state index in [9.17, 15) is 0 Å². The molecule has 0 aliphatic rings. The van der Waals surface area contributed by atoms with Crippen LogP contribution in [0.4, 0.5) is 23.3 Å². The summed E-state index contributed by atoms with van der Waals surface area (Å²) in [4.78, 5) is 17.5. The molecule has 28 heavy (non-hydrogen) atoms. The Kier molecular flexibility index (Phi) is 5.49. The van der Waals surface area contributed by atoms with E-state index in [0.717, 1.165) is 11.4 Å². The molecule has 0 atom stereocenters. The van der Waals surface area contributed by atoms with Gasteiger partial charge in [0.1, 0.15) is 0 Å². The Bertz CT molecular complexity index is 886. The van der Waals surface area contributed by atoms with Gasteiger partial charge in [0.25, 0.3) is 0 Å². The summed E-state index contributed by atoms with van der Waals surface area (Å²) in [6.45, 7) is 8.32. The molecule has 0 N–H and O–H groups in total. The van der Waals surface area contributed by atoms with Crippen LogP contribution >= 0.6 is 0 Å². The van der Waals surface area contributed by atoms with E-state index in [2.05, 4.69) is 74.1 Å². The summed E-state index contributed by atoms with van der Waals surface area (Å²) >= 11 is 0. The van der Waals surface area contributed by atoms with E-state index in [4.69, 9.17) is 9.72 Å². The van der Waals surface area contributed by atoms with Crippen molar-refractivity contribution < 1.29 is 4.74 Å². The minimum atomic E-state index is 0.285. The number of aromatic nitrogens is 3. The first-order valence-electron chi connectivity index (χ1n) is 9.21. The van der Waals surface area contributed by atoms with Crippen molar-refractivity contribution in [1.82, 2.24) is 15.0 Å². The molecule has 0 spiro atoms. The van der Waals surface area contributed by atoms with Crippen LogP contribution in [-0.4, -0.2) is 36.2 Å². The van der Waals surface area contributed by atoms with Gasteiger partial charge >= 0.3 is 6.01 Å². The standard InChI is InChI=1S/C22H27N5O/c1-14-8-15(2)11-18(10-14)26(5)20-23-21(25-22(24-20)28-7)27(6)19-12-16(3)9-17(4)13-19/h8-13H,1-7H3. The molecule has 0 unspecified atom stereocenters. The Morgan fingerprint density at radius 3 is 1.29 bits per heavy atom. The number of methoxy groups -OCH3 is 1. The van der Waals surface area contributed by atoms with Crippen molar-refractivity contribution in [1.29, 1.82) is 0 Å². The average Bonchev–Trinajstić information content (AvgIpc) is 2.64. The molecule has 3 rings (SSSR count). The third kappa shape index (κ3) is 4.22. The molecule has 0 aliphatic carbocycles. The number of nitrogens with zero attached hydrogens (tertiary/aromatic N) is 5. The van der Waals surface area contributed by atoms with Crippen molar-refractivity contribution in [2.45, 2.75) is 27.7 Å². The molecule has 6 nitrogen and oxygen atoms in total. The second-order valence-corrected chi connectivity index (χ2v) is 7.23. The maximum absolute atomic E-state index is 5.35. The average molecular weight is 377 g/mol. The highest BCUT2D eigenvalue weighted by Gasteiger charge is 2.16. The SMILES string of the molecule is COc1nc(N(C)c2cc(C)cc(C)c2)nc(N(C)c2cc(C)cc(C)c2)n1. The number of ether oxygens (including phenoxy) is 1. The number of aryl methyl sites for hydroxylation is 4. The molecule has 0 saturated heterocycles. The normalized spacial score (nSPS) is 10.7. The van der Waals surface area contributed by atoms with E-state index in [1.165, 1.54) is 22.3 Å². The number of benzene rings is 2. The van der Waals surface area contributed by atoms with Crippen LogP contribution in [0.15, 0.2) is 36.4 Å². The largest absolute Gasteiger partial charge is 0.467 e. The fraction of sp³-hybridized carbons (Fsp3) is 0.318. The van der Waals surface area contributed by atoms with Crippen LogP contribution in [0.2, 0.25) is 0 Å². The lowest BCUT2D eigenvalue weighted by molar-refractivity contribution is 0.379. The van der Waals surface area contributed by atoms with Crippen LogP contribution in [0, 0.1) is 27.7 Å². The molecule has 0 fully saturated rings. The highest BCUT2D eigenvalue weighted by Crippen LogP contribution is 2.28. The first-order valence-corrected chi connectivity index (χ1v) is 9.21. The summed E-state index contributed by atoms with van der Waals surface area (Å²) in [7, 11) is 5.46. The Morgan fingerprint density at radius 1 is 0.607 bits per heavy atom. The predicted molar refractivity (Wildman–Crippen MR) is 114 cm³/mol. The Balaban J connectivity index is 2.04. The maximum atomic E-state index is 5.35. The first-order chi connectivity index (χ1) is 13.3. The summed E-state index contributed by atoms with van der Waals surface area (Å²) in [5, 5.41) is 0. The van der Waals surface area contributed by atoms with Crippen LogP contribution in [-0.2, 0) is 0 Å². The zero-order valence-corrected chi connectivity index (χ0v) is 17.6. The van der Waals surface area contributed by atoms with Crippen molar-refractivity contribution in [3.05, 3.63) is 58.7 Å². The molecule has 146 valence electrons. The van der Waals surface area contributed by atoms with Gasteiger partial charge in [0.15, 0.2) is 0 Å². The minimum Gasteiger partial charge on any atom is -0.467 e. The molecule has 0 saturated carbocycles. The zero-order valence-electron chi connectivity index (χ0n) is 17.6. The predicted octanol–water partition coefficient (Wildman–Crippen LogP) is 4.65. The topological polar surface area (TPSA) is 54.4 Å². The van der Waals surface area contributed by atoms with Crippen LogP contribution < -0.4 is 14.5 Å². The quantitative estimate of drug-likeness (QED) is 0.645. The molecule has 3 aromatic rings. The van der Waals surface area contributed by atoms with Crippen molar-refractivity contribution >= 4 is 23.3 Å². The summed E-state index contributed by atoms with van der Waals surface area (Å²) < 4.78 is 5.35. The Hall–Kier alpha value is -3.15. The fourth-order valence-electron chi connectivity index (χ4n) is 3.25. The van der Waals surface area contributed by atoms with Crippen molar-refractivity contribution in [3.8, 4) is 6.01 Å². The van der Waals surface area contributed by atoms with Crippen LogP contribution in [0.5, 0.6) is 6.01 Å². The van der Waals surface area contributed by atoms with Gasteiger partial charge in [0.05, 0.1) is 7.11 Å².